The van der Waals surface area contributed by atoms with Crippen molar-refractivity contribution < 1.29 is 4.74 Å². The Bertz CT molecular complexity index is 824. The molecule has 0 radical (unpaired) electrons. The van der Waals surface area contributed by atoms with Gasteiger partial charge in [-0.25, -0.2) is 0 Å². The first-order valence-electron chi connectivity index (χ1n) is 9.59. The van der Waals surface area contributed by atoms with E-state index in [-0.39, 0.29) is 0 Å². The van der Waals surface area contributed by atoms with Gasteiger partial charge in [-0.15, -0.1) is 5.10 Å². The topological polar surface area (TPSA) is 65.3 Å². The third-order valence-corrected chi connectivity index (χ3v) is 5.05. The lowest BCUT2D eigenvalue weighted by atomic mass is 10.0. The first-order chi connectivity index (χ1) is 13.2. The zero-order chi connectivity index (χ0) is 19.2. The van der Waals surface area contributed by atoms with Crippen molar-refractivity contribution in [2.45, 2.75) is 33.2 Å². The van der Waals surface area contributed by atoms with Crippen LogP contribution in [-0.4, -0.2) is 43.5 Å². The number of hydrogen-bond acceptors (Lipinski definition) is 6. The number of ether oxygens (including phenoxy) is 1. The van der Waals surface area contributed by atoms with E-state index < -0.39 is 0 Å². The van der Waals surface area contributed by atoms with Crippen LogP contribution < -0.4 is 9.80 Å². The first kappa shape index (κ1) is 19.1. The second kappa shape index (κ2) is 8.83. The highest BCUT2D eigenvalue weighted by Crippen LogP contribution is 2.27. The molecule has 2 heterocycles. The molecular weight excluding hydrogens is 338 g/mol. The number of benzene rings is 1. The predicted octanol–water partition coefficient (Wildman–Crippen LogP) is 2.95. The van der Waals surface area contributed by atoms with Crippen molar-refractivity contribution in [1.82, 2.24) is 10.2 Å². The molecule has 0 N–H and O–H groups in total. The molecule has 1 aromatic carbocycles. The van der Waals surface area contributed by atoms with Crippen LogP contribution in [0.4, 0.5) is 11.5 Å². The van der Waals surface area contributed by atoms with Gasteiger partial charge in [-0.1, -0.05) is 32.0 Å². The third kappa shape index (κ3) is 4.04. The van der Waals surface area contributed by atoms with Crippen LogP contribution in [0.1, 0.15) is 36.2 Å². The fourth-order valence-electron chi connectivity index (χ4n) is 3.63. The lowest BCUT2D eigenvalue weighted by molar-refractivity contribution is 0.122. The van der Waals surface area contributed by atoms with Crippen LogP contribution in [-0.2, 0) is 24.1 Å². The van der Waals surface area contributed by atoms with E-state index in [1.807, 2.05) is 18.9 Å². The molecule has 0 unspecified atom stereocenters. The van der Waals surface area contributed by atoms with Gasteiger partial charge in [0.2, 0.25) is 0 Å². The fourth-order valence-corrected chi connectivity index (χ4v) is 3.63. The summed E-state index contributed by atoms with van der Waals surface area (Å²) in [5, 5.41) is 18.5. The summed E-state index contributed by atoms with van der Waals surface area (Å²) in [6.07, 6.45) is 1.57. The molecule has 2 aromatic rings. The number of hydrogen-bond donors (Lipinski definition) is 0. The normalized spacial score (nSPS) is 14.1. The van der Waals surface area contributed by atoms with E-state index >= 15 is 0 Å². The molecule has 0 atom stereocenters. The number of anilines is 2. The van der Waals surface area contributed by atoms with Crippen LogP contribution in [0.5, 0.6) is 0 Å². The minimum Gasteiger partial charge on any atom is -0.378 e. The van der Waals surface area contributed by atoms with E-state index in [0.717, 1.165) is 50.4 Å². The largest absolute Gasteiger partial charge is 0.378 e. The van der Waals surface area contributed by atoms with Crippen molar-refractivity contribution in [3.8, 4) is 6.07 Å². The summed E-state index contributed by atoms with van der Waals surface area (Å²) in [5.41, 5.74) is 5.01. The van der Waals surface area contributed by atoms with Crippen molar-refractivity contribution in [1.29, 1.82) is 5.26 Å². The maximum atomic E-state index is 9.76. The number of nitriles is 1. The van der Waals surface area contributed by atoms with E-state index in [4.69, 9.17) is 4.74 Å². The second-order valence-corrected chi connectivity index (χ2v) is 6.73. The molecule has 0 saturated carbocycles. The lowest BCUT2D eigenvalue weighted by Crippen LogP contribution is -2.37. The molecular formula is C21H27N5O. The van der Waals surface area contributed by atoms with Gasteiger partial charge in [-0.3, -0.25) is 0 Å². The number of para-hydroxylation sites is 1. The summed E-state index contributed by atoms with van der Waals surface area (Å²) in [5.74, 6) is 0.656. The second-order valence-electron chi connectivity index (χ2n) is 6.73. The average Bonchev–Trinajstić information content (AvgIpc) is 2.73. The van der Waals surface area contributed by atoms with E-state index in [1.54, 1.807) is 0 Å². The Morgan fingerprint density at radius 3 is 2.56 bits per heavy atom. The molecule has 6 heteroatoms. The molecule has 1 aliphatic rings. The minimum atomic E-state index is 0.649. The summed E-state index contributed by atoms with van der Waals surface area (Å²) >= 11 is 0. The molecule has 6 nitrogen and oxygen atoms in total. The van der Waals surface area contributed by atoms with Gasteiger partial charge in [-0.05, 0) is 30.0 Å². The van der Waals surface area contributed by atoms with Gasteiger partial charge < -0.3 is 14.5 Å². The maximum absolute atomic E-state index is 9.76. The Morgan fingerprint density at radius 2 is 1.89 bits per heavy atom. The minimum absolute atomic E-state index is 0.649. The molecule has 1 aromatic heterocycles. The highest BCUT2D eigenvalue weighted by molar-refractivity contribution is 5.60. The van der Waals surface area contributed by atoms with E-state index in [0.29, 0.717) is 17.9 Å². The Balaban J connectivity index is 1.90. The van der Waals surface area contributed by atoms with E-state index in [9.17, 15) is 5.26 Å². The number of nitrogens with zero attached hydrogens (tertiary/aromatic N) is 5. The van der Waals surface area contributed by atoms with Crippen LogP contribution in [0.2, 0.25) is 0 Å². The standard InChI is InChI=1S/C21H27N5O/c1-4-17-18(14-22)21(24-23-19(17)5-2)25(3)15-16-8-6-7-9-20(16)26-10-12-27-13-11-26/h6-9H,4-5,10-13,15H2,1-3H3. The quantitative estimate of drug-likeness (QED) is 0.784. The van der Waals surface area contributed by atoms with Crippen molar-refractivity contribution >= 4 is 11.5 Å². The zero-order valence-electron chi connectivity index (χ0n) is 16.4. The van der Waals surface area contributed by atoms with Gasteiger partial charge in [0, 0.05) is 32.4 Å². The Kier molecular flexibility index (Phi) is 6.25. The highest BCUT2D eigenvalue weighted by atomic mass is 16.5. The average molecular weight is 365 g/mol. The van der Waals surface area contributed by atoms with Crippen LogP contribution in [0.3, 0.4) is 0 Å². The fraction of sp³-hybridized carbons (Fsp3) is 0.476. The van der Waals surface area contributed by atoms with Crippen LogP contribution in [0, 0.1) is 11.3 Å². The molecule has 142 valence electrons. The molecule has 1 fully saturated rings. The number of aryl methyl sites for hydroxylation is 1. The van der Waals surface area contributed by atoms with Gasteiger partial charge >= 0.3 is 0 Å². The Morgan fingerprint density at radius 1 is 1.15 bits per heavy atom. The Hall–Kier alpha value is -2.65. The highest BCUT2D eigenvalue weighted by Gasteiger charge is 2.20. The first-order valence-corrected chi connectivity index (χ1v) is 9.59. The number of morpholine rings is 1. The van der Waals surface area contributed by atoms with Gasteiger partial charge in [0.1, 0.15) is 11.6 Å². The smallest absolute Gasteiger partial charge is 0.169 e. The number of rotatable bonds is 6. The Labute approximate surface area is 161 Å². The summed E-state index contributed by atoms with van der Waals surface area (Å²) in [7, 11) is 1.98. The van der Waals surface area contributed by atoms with Gasteiger partial charge in [-0.2, -0.15) is 10.4 Å². The maximum Gasteiger partial charge on any atom is 0.169 e. The monoisotopic (exact) mass is 365 g/mol. The molecule has 0 bridgehead atoms. The summed E-state index contributed by atoms with van der Waals surface area (Å²) in [6, 6.07) is 10.8. The number of aromatic nitrogens is 2. The molecule has 0 aliphatic carbocycles. The van der Waals surface area contributed by atoms with Crippen LogP contribution >= 0.6 is 0 Å². The van der Waals surface area contributed by atoms with Gasteiger partial charge in [0.05, 0.1) is 18.9 Å². The van der Waals surface area contributed by atoms with Crippen molar-refractivity contribution in [3.63, 3.8) is 0 Å². The lowest BCUT2D eigenvalue weighted by Gasteiger charge is -2.31. The van der Waals surface area contributed by atoms with Crippen LogP contribution in [0.15, 0.2) is 24.3 Å². The zero-order valence-corrected chi connectivity index (χ0v) is 16.4. The van der Waals surface area contributed by atoms with Crippen molar-refractivity contribution in [2.75, 3.05) is 43.2 Å². The van der Waals surface area contributed by atoms with Crippen molar-refractivity contribution in [3.05, 3.63) is 46.6 Å². The predicted molar refractivity (Wildman–Crippen MR) is 107 cm³/mol. The molecule has 27 heavy (non-hydrogen) atoms. The van der Waals surface area contributed by atoms with Gasteiger partial charge in [0.25, 0.3) is 0 Å². The molecule has 1 saturated heterocycles. The van der Waals surface area contributed by atoms with Gasteiger partial charge in [0.15, 0.2) is 5.82 Å². The van der Waals surface area contributed by atoms with E-state index in [1.165, 1.54) is 11.3 Å². The van der Waals surface area contributed by atoms with Crippen molar-refractivity contribution in [2.24, 2.45) is 0 Å². The molecule has 0 amide bonds. The summed E-state index contributed by atoms with van der Waals surface area (Å²) in [6.45, 7) is 8.09. The summed E-state index contributed by atoms with van der Waals surface area (Å²) < 4.78 is 5.48. The molecule has 0 spiro atoms. The SMILES string of the molecule is CCc1nnc(N(C)Cc2ccccc2N2CCOCC2)c(C#N)c1CC. The summed E-state index contributed by atoms with van der Waals surface area (Å²) in [4.78, 5) is 4.39. The van der Waals surface area contributed by atoms with Crippen LogP contribution in [0.25, 0.3) is 0 Å². The molecule has 3 rings (SSSR count). The third-order valence-electron chi connectivity index (χ3n) is 5.05. The molecule has 1 aliphatic heterocycles. The van der Waals surface area contributed by atoms with E-state index in [2.05, 4.69) is 52.4 Å².